The van der Waals surface area contributed by atoms with Crippen molar-refractivity contribution in [2.45, 2.75) is 39.4 Å². The van der Waals surface area contributed by atoms with E-state index in [1.807, 2.05) is 23.2 Å². The third-order valence-corrected chi connectivity index (χ3v) is 5.09. The van der Waals surface area contributed by atoms with Crippen molar-refractivity contribution in [1.82, 2.24) is 14.0 Å². The summed E-state index contributed by atoms with van der Waals surface area (Å²) in [5.41, 5.74) is 3.19. The normalized spacial score (nSPS) is 17.2. The van der Waals surface area contributed by atoms with Crippen LogP contribution in [0, 0.1) is 0 Å². The Balaban J connectivity index is 1.74. The maximum Gasteiger partial charge on any atom is 0.256 e. The number of benzene rings is 1. The van der Waals surface area contributed by atoms with Gasteiger partial charge in [-0.1, -0.05) is 25.1 Å². The lowest BCUT2D eigenvalue weighted by Crippen LogP contribution is -2.40. The van der Waals surface area contributed by atoms with E-state index in [0.717, 1.165) is 42.5 Å². The van der Waals surface area contributed by atoms with Crippen molar-refractivity contribution >= 4 is 16.8 Å². The predicted octanol–water partition coefficient (Wildman–Crippen LogP) is 4.07. The highest BCUT2D eigenvalue weighted by Crippen LogP contribution is 2.30. The minimum absolute atomic E-state index is 0.106. The van der Waals surface area contributed by atoms with Gasteiger partial charge < -0.3 is 14.0 Å². The van der Waals surface area contributed by atoms with Gasteiger partial charge in [0, 0.05) is 48.6 Å². The lowest BCUT2D eigenvalue weighted by Gasteiger charge is -2.34. The Morgan fingerprint density at radius 1 is 1.17 bits per heavy atom. The minimum atomic E-state index is 0.106. The highest BCUT2D eigenvalue weighted by atomic mass is 16.2. The van der Waals surface area contributed by atoms with E-state index in [0.29, 0.717) is 0 Å². The topological polar surface area (TPSA) is 30.2 Å². The maximum absolute atomic E-state index is 13.3. The van der Waals surface area contributed by atoms with Crippen molar-refractivity contribution in [3.63, 3.8) is 0 Å². The van der Waals surface area contributed by atoms with Crippen LogP contribution in [-0.4, -0.2) is 26.5 Å². The van der Waals surface area contributed by atoms with Crippen LogP contribution in [0.1, 0.15) is 42.4 Å². The summed E-state index contributed by atoms with van der Waals surface area (Å²) in [7, 11) is 0. The average molecular weight is 321 g/mol. The molecule has 4 heteroatoms. The van der Waals surface area contributed by atoms with Crippen LogP contribution in [0.25, 0.3) is 10.9 Å². The molecule has 4 rings (SSSR count). The molecule has 1 aromatic carbocycles. The Hall–Kier alpha value is -2.49. The number of para-hydroxylation sites is 1. The van der Waals surface area contributed by atoms with E-state index < -0.39 is 0 Å². The number of carbonyl (C=O) groups excluding carboxylic acids is 1. The zero-order chi connectivity index (χ0) is 16.7. The van der Waals surface area contributed by atoms with Gasteiger partial charge in [0.25, 0.3) is 5.91 Å². The number of amides is 1. The predicted molar refractivity (Wildman–Crippen MR) is 96.1 cm³/mol. The van der Waals surface area contributed by atoms with Crippen molar-refractivity contribution in [3.8, 4) is 0 Å². The van der Waals surface area contributed by atoms with Crippen molar-refractivity contribution in [3.05, 3.63) is 60.0 Å². The average Bonchev–Trinajstić information content (AvgIpc) is 3.21. The first-order chi connectivity index (χ1) is 11.7. The van der Waals surface area contributed by atoms with E-state index in [4.69, 9.17) is 0 Å². The molecule has 3 heterocycles. The zero-order valence-corrected chi connectivity index (χ0v) is 14.3. The van der Waals surface area contributed by atoms with Gasteiger partial charge in [-0.15, -0.1) is 0 Å². The van der Waals surface area contributed by atoms with Gasteiger partial charge in [-0.25, -0.2) is 0 Å². The Bertz CT molecular complexity index is 889. The quantitative estimate of drug-likeness (QED) is 0.715. The number of fused-ring (bicyclic) bond motifs is 2. The molecule has 1 aliphatic rings. The van der Waals surface area contributed by atoms with E-state index in [-0.39, 0.29) is 11.9 Å². The van der Waals surface area contributed by atoms with Crippen LogP contribution in [0.4, 0.5) is 0 Å². The summed E-state index contributed by atoms with van der Waals surface area (Å²) >= 11 is 0. The first-order valence-corrected chi connectivity index (χ1v) is 8.74. The molecular formula is C20H23N3O. The Morgan fingerprint density at radius 3 is 2.83 bits per heavy atom. The molecule has 124 valence electrons. The molecule has 0 aliphatic carbocycles. The molecule has 24 heavy (non-hydrogen) atoms. The standard InChI is InChI=1S/C20H23N3O/c1-3-10-22-14-17(16-7-4-5-8-19(16)22)20(24)23-13-12-21-11-6-9-18(21)15(23)2/h4-9,11,14-15H,3,10,12-13H2,1-2H3/t15-/m0/s1. The molecule has 3 aromatic rings. The molecule has 0 fully saturated rings. The molecular weight excluding hydrogens is 298 g/mol. The monoisotopic (exact) mass is 321 g/mol. The number of nitrogens with zero attached hydrogens (tertiary/aromatic N) is 3. The summed E-state index contributed by atoms with van der Waals surface area (Å²) < 4.78 is 4.45. The molecule has 1 aliphatic heterocycles. The Kier molecular flexibility index (Phi) is 3.68. The van der Waals surface area contributed by atoms with E-state index in [2.05, 4.69) is 53.4 Å². The largest absolute Gasteiger partial charge is 0.348 e. The zero-order valence-electron chi connectivity index (χ0n) is 14.3. The van der Waals surface area contributed by atoms with Gasteiger partial charge in [0.2, 0.25) is 0 Å². The van der Waals surface area contributed by atoms with E-state index in [1.54, 1.807) is 0 Å². The molecule has 0 spiro atoms. The summed E-state index contributed by atoms with van der Waals surface area (Å²) in [4.78, 5) is 15.3. The third-order valence-electron chi connectivity index (χ3n) is 5.09. The van der Waals surface area contributed by atoms with Crippen LogP contribution < -0.4 is 0 Å². The SMILES string of the molecule is CCCn1cc(C(=O)N2CCn3cccc3[C@@H]2C)c2ccccc21. The second-order valence-corrected chi connectivity index (χ2v) is 6.55. The van der Waals surface area contributed by atoms with Gasteiger partial charge in [0.1, 0.15) is 0 Å². The summed E-state index contributed by atoms with van der Waals surface area (Å²) in [5.74, 6) is 0.140. The van der Waals surface area contributed by atoms with Gasteiger partial charge in [0.15, 0.2) is 0 Å². The van der Waals surface area contributed by atoms with Crippen molar-refractivity contribution < 1.29 is 4.79 Å². The summed E-state index contributed by atoms with van der Waals surface area (Å²) in [6, 6.07) is 12.5. The van der Waals surface area contributed by atoms with E-state index in [1.165, 1.54) is 5.69 Å². The number of hydrogen-bond acceptors (Lipinski definition) is 1. The molecule has 0 bridgehead atoms. The molecule has 2 aromatic heterocycles. The van der Waals surface area contributed by atoms with Crippen LogP contribution >= 0.6 is 0 Å². The molecule has 4 nitrogen and oxygen atoms in total. The number of rotatable bonds is 3. The van der Waals surface area contributed by atoms with Crippen molar-refractivity contribution in [2.24, 2.45) is 0 Å². The molecule has 0 saturated carbocycles. The van der Waals surface area contributed by atoms with Gasteiger partial charge in [-0.05, 0) is 31.5 Å². The van der Waals surface area contributed by atoms with Crippen LogP contribution in [0.3, 0.4) is 0 Å². The lowest BCUT2D eigenvalue weighted by atomic mass is 10.1. The number of carbonyl (C=O) groups is 1. The smallest absolute Gasteiger partial charge is 0.256 e. The van der Waals surface area contributed by atoms with E-state index >= 15 is 0 Å². The lowest BCUT2D eigenvalue weighted by molar-refractivity contribution is 0.0646. The summed E-state index contributed by atoms with van der Waals surface area (Å²) in [6.07, 6.45) is 5.19. The Labute approximate surface area is 142 Å². The minimum Gasteiger partial charge on any atom is -0.348 e. The van der Waals surface area contributed by atoms with Crippen LogP contribution in [0.5, 0.6) is 0 Å². The summed E-state index contributed by atoms with van der Waals surface area (Å²) in [6.45, 7) is 6.85. The highest BCUT2D eigenvalue weighted by molar-refractivity contribution is 6.07. The highest BCUT2D eigenvalue weighted by Gasteiger charge is 2.29. The van der Waals surface area contributed by atoms with Gasteiger partial charge in [-0.3, -0.25) is 4.79 Å². The molecule has 0 radical (unpaired) electrons. The first-order valence-electron chi connectivity index (χ1n) is 8.74. The molecule has 0 saturated heterocycles. The number of hydrogen-bond donors (Lipinski definition) is 0. The molecule has 1 amide bonds. The fraction of sp³-hybridized carbons (Fsp3) is 0.350. The second-order valence-electron chi connectivity index (χ2n) is 6.55. The van der Waals surface area contributed by atoms with Gasteiger partial charge in [0.05, 0.1) is 11.6 Å². The van der Waals surface area contributed by atoms with Crippen LogP contribution in [-0.2, 0) is 13.1 Å². The van der Waals surface area contributed by atoms with Gasteiger partial charge >= 0.3 is 0 Å². The van der Waals surface area contributed by atoms with Crippen LogP contribution in [0.15, 0.2) is 48.8 Å². The van der Waals surface area contributed by atoms with Gasteiger partial charge in [-0.2, -0.15) is 0 Å². The van der Waals surface area contributed by atoms with Crippen LogP contribution in [0.2, 0.25) is 0 Å². The summed E-state index contributed by atoms with van der Waals surface area (Å²) in [5, 5.41) is 1.06. The fourth-order valence-electron chi connectivity index (χ4n) is 3.85. The second kappa shape index (κ2) is 5.86. The van der Waals surface area contributed by atoms with Crippen molar-refractivity contribution in [1.29, 1.82) is 0 Å². The third kappa shape index (κ3) is 2.25. The van der Waals surface area contributed by atoms with Crippen molar-refractivity contribution in [2.75, 3.05) is 6.54 Å². The van der Waals surface area contributed by atoms with E-state index in [9.17, 15) is 4.79 Å². The fourth-order valence-corrected chi connectivity index (χ4v) is 3.85. The molecule has 0 N–H and O–H groups in total. The Morgan fingerprint density at radius 2 is 2.00 bits per heavy atom. The number of aromatic nitrogens is 2. The number of aryl methyl sites for hydroxylation is 1. The first kappa shape index (κ1) is 15.1. The molecule has 1 atom stereocenters. The molecule has 0 unspecified atom stereocenters. The maximum atomic E-state index is 13.3.